The zero-order chi connectivity index (χ0) is 25.0. The minimum Gasteiger partial charge on any atom is -0.493 e. The van der Waals surface area contributed by atoms with Gasteiger partial charge >= 0.3 is 17.9 Å². The quantitative estimate of drug-likeness (QED) is 0.310. The first-order chi connectivity index (χ1) is 16.0. The molecule has 0 aliphatic carbocycles. The summed E-state index contributed by atoms with van der Waals surface area (Å²) in [6, 6.07) is 22.7. The van der Waals surface area contributed by atoms with Crippen molar-refractivity contribution in [2.45, 2.75) is 18.0 Å². The highest BCUT2D eigenvalue weighted by Crippen LogP contribution is 2.49. The van der Waals surface area contributed by atoms with Gasteiger partial charge in [-0.1, -0.05) is 72.8 Å². The topological polar surface area (TPSA) is 129 Å². The number of benzene rings is 3. The third kappa shape index (κ3) is 5.33. The number of methoxy groups -OCH3 is 2. The molecule has 3 aromatic carbocycles. The monoisotopic (exact) mass is 508 g/mol. The lowest BCUT2D eigenvalue weighted by atomic mass is 9.79. The molecule has 0 radical (unpaired) electrons. The highest BCUT2D eigenvalue weighted by molar-refractivity contribution is 7.90. The normalized spacial score (nSPS) is 13.3. The van der Waals surface area contributed by atoms with E-state index >= 15 is 0 Å². The lowest BCUT2D eigenvalue weighted by molar-refractivity contribution is -0.00584. The Kier molecular flexibility index (Phi) is 7.82. The fraction of sp³-hybridized carbons (Fsp3) is 0.217. The van der Waals surface area contributed by atoms with Crippen LogP contribution in [0.3, 0.4) is 0 Å². The van der Waals surface area contributed by atoms with Gasteiger partial charge in [0.15, 0.2) is 16.9 Å². The van der Waals surface area contributed by atoms with Crippen LogP contribution in [0.4, 0.5) is 0 Å². The maximum atomic E-state index is 12.7. The second-order valence-corrected chi connectivity index (χ2v) is 10.4. The van der Waals surface area contributed by atoms with E-state index in [1.807, 2.05) is 0 Å². The third-order valence-electron chi connectivity index (χ3n) is 5.09. The second-order valence-electron chi connectivity index (χ2n) is 7.20. The van der Waals surface area contributed by atoms with E-state index in [-0.39, 0.29) is 0 Å². The maximum Gasteiger partial charge on any atom is 0.484 e. The van der Waals surface area contributed by atoms with E-state index in [9.17, 15) is 13.0 Å². The number of hydrogen-bond donors (Lipinski definition) is 2. The highest BCUT2D eigenvalue weighted by Gasteiger charge is 2.45. The fourth-order valence-electron chi connectivity index (χ4n) is 3.69. The molecule has 34 heavy (non-hydrogen) atoms. The molecule has 9 nitrogen and oxygen atoms in total. The van der Waals surface area contributed by atoms with Gasteiger partial charge in [-0.3, -0.25) is 0 Å². The number of rotatable bonds is 10. The van der Waals surface area contributed by atoms with E-state index in [4.69, 9.17) is 24.0 Å². The molecule has 1 atom stereocenters. The molecule has 0 amide bonds. The first-order valence-electron chi connectivity index (χ1n) is 10.1. The van der Waals surface area contributed by atoms with Crippen LogP contribution in [-0.4, -0.2) is 37.9 Å². The van der Waals surface area contributed by atoms with Crippen LogP contribution in [-0.2, 0) is 29.0 Å². The van der Waals surface area contributed by atoms with Crippen molar-refractivity contribution in [2.75, 3.05) is 14.2 Å². The van der Waals surface area contributed by atoms with Crippen molar-refractivity contribution >= 4 is 17.9 Å². The Morgan fingerprint density at radius 2 is 1.35 bits per heavy atom. The lowest BCUT2D eigenvalue weighted by Crippen LogP contribution is -2.39. The van der Waals surface area contributed by atoms with E-state index in [1.165, 1.54) is 14.2 Å². The molecule has 3 aromatic rings. The number of phosphoric acid groups is 1. The molecular formula is C23H25O9PS. The van der Waals surface area contributed by atoms with Gasteiger partial charge in [0.1, 0.15) is 5.60 Å². The molecule has 1 unspecified atom stereocenters. The summed E-state index contributed by atoms with van der Waals surface area (Å²) in [4.78, 5) is 18.2. The van der Waals surface area contributed by atoms with E-state index in [0.717, 1.165) is 6.92 Å². The molecular weight excluding hydrogens is 483 g/mol. The molecule has 182 valence electrons. The minimum atomic E-state index is -5.36. The second kappa shape index (κ2) is 10.3. The summed E-state index contributed by atoms with van der Waals surface area (Å²) in [6.45, 7) is 1.14. The molecule has 3 rings (SSSR count). The lowest BCUT2D eigenvalue weighted by Gasteiger charge is -2.38. The Morgan fingerprint density at radius 1 is 0.824 bits per heavy atom. The Labute approximate surface area is 198 Å². The van der Waals surface area contributed by atoms with Gasteiger partial charge in [0.2, 0.25) is 0 Å². The Morgan fingerprint density at radius 3 is 1.79 bits per heavy atom. The average Bonchev–Trinajstić information content (AvgIpc) is 2.81. The summed E-state index contributed by atoms with van der Waals surface area (Å²) in [5.41, 5.74) is -1.94. The predicted molar refractivity (Wildman–Crippen MR) is 125 cm³/mol. The first-order valence-corrected chi connectivity index (χ1v) is 13.1. The van der Waals surface area contributed by atoms with Crippen molar-refractivity contribution in [1.29, 1.82) is 0 Å². The highest BCUT2D eigenvalue weighted by atomic mass is 32.2. The molecule has 0 heterocycles. The molecule has 0 spiro atoms. The standard InChI is InChI=1S/C23H25O9PS/c1-17(34(27,28)32-33(24,25)26)31-23(18-11-6-4-7-12-18,19-13-8-5-9-14-19)20-15-10-16-21(29-2)22(20)30-3/h4-17H,1-3H3,(H2,24,25,26). The van der Waals surface area contributed by atoms with Gasteiger partial charge in [0, 0.05) is 5.56 Å². The van der Waals surface area contributed by atoms with E-state index in [0.29, 0.717) is 28.2 Å². The largest absolute Gasteiger partial charge is 0.493 e. The maximum absolute atomic E-state index is 12.7. The third-order valence-corrected chi connectivity index (χ3v) is 7.61. The summed E-state index contributed by atoms with van der Waals surface area (Å²) in [5, 5.41) is 0. The van der Waals surface area contributed by atoms with E-state index in [1.54, 1.807) is 78.9 Å². The summed E-state index contributed by atoms with van der Waals surface area (Å²) in [5.74, 6) is 0.667. The number of hydrogen-bond acceptors (Lipinski definition) is 7. The van der Waals surface area contributed by atoms with Gasteiger partial charge < -0.3 is 24.0 Å². The summed E-state index contributed by atoms with van der Waals surface area (Å²) < 4.78 is 58.2. The molecule has 0 aromatic heterocycles. The van der Waals surface area contributed by atoms with Gasteiger partial charge in [-0.05, 0) is 24.1 Å². The van der Waals surface area contributed by atoms with Crippen molar-refractivity contribution in [3.8, 4) is 11.5 Å². The molecule has 0 saturated carbocycles. The molecule has 0 aliphatic rings. The van der Waals surface area contributed by atoms with Crippen LogP contribution in [0.5, 0.6) is 11.5 Å². The van der Waals surface area contributed by atoms with Gasteiger partial charge in [-0.15, -0.1) is 0 Å². The van der Waals surface area contributed by atoms with Crippen molar-refractivity contribution < 1.29 is 41.0 Å². The Hall–Kier alpha value is -2.72. The van der Waals surface area contributed by atoms with Crippen molar-refractivity contribution in [3.63, 3.8) is 0 Å². The molecule has 2 N–H and O–H groups in total. The van der Waals surface area contributed by atoms with Gasteiger partial charge in [0.05, 0.1) is 14.2 Å². The molecule has 0 fully saturated rings. The van der Waals surface area contributed by atoms with Crippen LogP contribution in [0.15, 0.2) is 78.9 Å². The smallest absolute Gasteiger partial charge is 0.484 e. The number of ether oxygens (including phenoxy) is 3. The molecule has 0 saturated heterocycles. The van der Waals surface area contributed by atoms with Crippen LogP contribution in [0, 0.1) is 0 Å². The van der Waals surface area contributed by atoms with E-state index < -0.39 is 29.0 Å². The molecule has 0 aliphatic heterocycles. The van der Waals surface area contributed by atoms with Crippen LogP contribution in [0.2, 0.25) is 0 Å². The van der Waals surface area contributed by atoms with Crippen LogP contribution in [0.1, 0.15) is 23.6 Å². The zero-order valence-electron chi connectivity index (χ0n) is 18.7. The predicted octanol–water partition coefficient (Wildman–Crippen LogP) is 3.80. The van der Waals surface area contributed by atoms with Crippen LogP contribution in [0.25, 0.3) is 0 Å². The average molecular weight is 508 g/mol. The van der Waals surface area contributed by atoms with Crippen molar-refractivity contribution in [2.24, 2.45) is 0 Å². The van der Waals surface area contributed by atoms with Crippen LogP contribution < -0.4 is 9.47 Å². The van der Waals surface area contributed by atoms with Gasteiger partial charge in [-0.2, -0.15) is 12.4 Å². The number of para-hydroxylation sites is 1. The van der Waals surface area contributed by atoms with Crippen molar-refractivity contribution in [3.05, 3.63) is 95.6 Å². The molecule has 0 bridgehead atoms. The SMILES string of the molecule is COc1cccc(C(OC(C)S(=O)(=O)OP(=O)(O)O)(c2ccccc2)c2ccccc2)c1OC. The first kappa shape index (κ1) is 25.9. The summed E-state index contributed by atoms with van der Waals surface area (Å²) in [7, 11) is -7.32. The fourth-order valence-corrected chi connectivity index (χ4v) is 5.52. The Balaban J connectivity index is 2.37. The Bertz CT molecular complexity index is 1220. The zero-order valence-corrected chi connectivity index (χ0v) is 20.4. The van der Waals surface area contributed by atoms with Gasteiger partial charge in [0.25, 0.3) is 0 Å². The molecule has 11 heteroatoms. The van der Waals surface area contributed by atoms with Crippen LogP contribution >= 0.6 is 7.82 Å². The van der Waals surface area contributed by atoms with Crippen molar-refractivity contribution in [1.82, 2.24) is 0 Å². The summed E-state index contributed by atoms with van der Waals surface area (Å²) >= 11 is 0. The summed E-state index contributed by atoms with van der Waals surface area (Å²) in [6.07, 6.45) is 0. The van der Waals surface area contributed by atoms with Gasteiger partial charge in [-0.25, -0.2) is 4.57 Å². The van der Waals surface area contributed by atoms with E-state index in [2.05, 4.69) is 3.97 Å². The minimum absolute atomic E-state index is 0.290.